The first-order valence-corrected chi connectivity index (χ1v) is 7.36. The Labute approximate surface area is 145 Å². The molecular weight excluding hydrogens is 361 g/mol. The van der Waals surface area contributed by atoms with E-state index in [0.717, 1.165) is 30.5 Å². The van der Waals surface area contributed by atoms with Crippen molar-refractivity contribution in [3.05, 3.63) is 53.7 Å². The first kappa shape index (κ1) is 19.4. The molecule has 5 nitrogen and oxygen atoms in total. The van der Waals surface area contributed by atoms with Crippen molar-refractivity contribution >= 4 is 11.7 Å². The molecule has 1 aromatic carbocycles. The molecule has 0 fully saturated rings. The number of benzene rings is 1. The van der Waals surface area contributed by atoms with Gasteiger partial charge < -0.3 is 15.4 Å². The summed E-state index contributed by atoms with van der Waals surface area (Å²) >= 11 is 0. The zero-order valence-corrected chi connectivity index (χ0v) is 13.2. The SMILES string of the molecule is O=C(NCCNc1ccc(OC(F)F)cn1)c1ccc(C(F)(F)F)cc1. The zero-order chi connectivity index (χ0) is 19.2. The quantitative estimate of drug-likeness (QED) is 0.574. The highest BCUT2D eigenvalue weighted by molar-refractivity contribution is 5.94. The van der Waals surface area contributed by atoms with Crippen LogP contribution in [0.4, 0.5) is 27.8 Å². The number of alkyl halides is 5. The lowest BCUT2D eigenvalue weighted by Gasteiger charge is -2.09. The van der Waals surface area contributed by atoms with Crippen molar-refractivity contribution in [3.63, 3.8) is 0 Å². The lowest BCUT2D eigenvalue weighted by Crippen LogP contribution is -2.28. The van der Waals surface area contributed by atoms with E-state index in [1.54, 1.807) is 0 Å². The molecule has 0 saturated heterocycles. The number of aromatic nitrogens is 1. The molecule has 0 aliphatic carbocycles. The van der Waals surface area contributed by atoms with Gasteiger partial charge in [0.1, 0.15) is 11.6 Å². The van der Waals surface area contributed by atoms with E-state index >= 15 is 0 Å². The molecule has 0 radical (unpaired) electrons. The molecule has 1 amide bonds. The molecule has 2 rings (SSSR count). The maximum absolute atomic E-state index is 12.5. The maximum atomic E-state index is 12.5. The topological polar surface area (TPSA) is 63.2 Å². The van der Waals surface area contributed by atoms with Gasteiger partial charge in [-0.1, -0.05) is 0 Å². The summed E-state index contributed by atoms with van der Waals surface area (Å²) in [5.41, 5.74) is -0.731. The minimum absolute atomic E-state index is 0.0823. The van der Waals surface area contributed by atoms with Crippen molar-refractivity contribution in [2.75, 3.05) is 18.4 Å². The van der Waals surface area contributed by atoms with Gasteiger partial charge in [-0.3, -0.25) is 4.79 Å². The van der Waals surface area contributed by atoms with Crippen LogP contribution in [0, 0.1) is 0 Å². The van der Waals surface area contributed by atoms with Gasteiger partial charge in [-0.05, 0) is 36.4 Å². The summed E-state index contributed by atoms with van der Waals surface area (Å²) in [4.78, 5) is 15.7. The largest absolute Gasteiger partial charge is 0.433 e. The summed E-state index contributed by atoms with van der Waals surface area (Å²) in [6.45, 7) is -2.48. The number of carbonyl (C=O) groups excluding carboxylic acids is 1. The molecule has 26 heavy (non-hydrogen) atoms. The summed E-state index contributed by atoms with van der Waals surface area (Å²) in [6.07, 6.45) is -3.34. The minimum Gasteiger partial charge on any atom is -0.433 e. The zero-order valence-electron chi connectivity index (χ0n) is 13.2. The summed E-state index contributed by atoms with van der Waals surface area (Å²) in [5, 5.41) is 5.37. The Balaban J connectivity index is 1.76. The number of ether oxygens (including phenoxy) is 1. The Kier molecular flexibility index (Phi) is 6.31. The van der Waals surface area contributed by atoms with Crippen LogP contribution in [0.2, 0.25) is 0 Å². The molecule has 0 atom stereocenters. The number of pyridine rings is 1. The number of hydrogen-bond donors (Lipinski definition) is 2. The van der Waals surface area contributed by atoms with E-state index < -0.39 is 24.3 Å². The van der Waals surface area contributed by atoms with Crippen LogP contribution in [0.25, 0.3) is 0 Å². The molecular formula is C16H14F5N3O2. The first-order chi connectivity index (χ1) is 12.3. The highest BCUT2D eigenvalue weighted by Gasteiger charge is 2.30. The van der Waals surface area contributed by atoms with Crippen molar-refractivity contribution < 1.29 is 31.5 Å². The molecule has 0 unspecified atom stereocenters. The average molecular weight is 375 g/mol. The number of nitrogens with one attached hydrogen (secondary N) is 2. The molecule has 0 saturated carbocycles. The van der Waals surface area contributed by atoms with Crippen LogP contribution in [0.5, 0.6) is 5.75 Å². The van der Waals surface area contributed by atoms with Crippen LogP contribution in [0.3, 0.4) is 0 Å². The second-order valence-electron chi connectivity index (χ2n) is 5.02. The maximum Gasteiger partial charge on any atom is 0.416 e. The summed E-state index contributed by atoms with van der Waals surface area (Å²) in [5.74, 6) is -0.217. The molecule has 2 N–H and O–H groups in total. The van der Waals surface area contributed by atoms with Crippen molar-refractivity contribution in [1.82, 2.24) is 10.3 Å². The molecule has 1 heterocycles. The minimum atomic E-state index is -4.46. The Hall–Kier alpha value is -2.91. The van der Waals surface area contributed by atoms with Crippen molar-refractivity contribution in [2.24, 2.45) is 0 Å². The molecule has 140 valence electrons. The second kappa shape index (κ2) is 8.45. The number of hydrogen-bond acceptors (Lipinski definition) is 4. The Morgan fingerprint density at radius 2 is 1.77 bits per heavy atom. The number of nitrogens with zero attached hydrogens (tertiary/aromatic N) is 1. The molecule has 0 spiro atoms. The van der Waals surface area contributed by atoms with Crippen LogP contribution in [-0.4, -0.2) is 30.6 Å². The van der Waals surface area contributed by atoms with E-state index in [-0.39, 0.29) is 24.4 Å². The van der Waals surface area contributed by atoms with Gasteiger partial charge in [-0.2, -0.15) is 22.0 Å². The van der Waals surface area contributed by atoms with E-state index in [9.17, 15) is 26.7 Å². The van der Waals surface area contributed by atoms with Gasteiger partial charge in [0.05, 0.1) is 11.8 Å². The molecule has 1 aromatic heterocycles. The van der Waals surface area contributed by atoms with Crippen LogP contribution >= 0.6 is 0 Å². The fourth-order valence-corrected chi connectivity index (χ4v) is 1.94. The van der Waals surface area contributed by atoms with E-state index in [1.807, 2.05) is 0 Å². The fourth-order valence-electron chi connectivity index (χ4n) is 1.94. The van der Waals surface area contributed by atoms with Gasteiger partial charge in [-0.25, -0.2) is 4.98 Å². The van der Waals surface area contributed by atoms with Crippen molar-refractivity contribution in [2.45, 2.75) is 12.8 Å². The second-order valence-corrected chi connectivity index (χ2v) is 5.02. The number of anilines is 1. The normalized spacial score (nSPS) is 11.3. The highest BCUT2D eigenvalue weighted by Crippen LogP contribution is 2.29. The average Bonchev–Trinajstić information content (AvgIpc) is 2.59. The number of carbonyl (C=O) groups is 1. The van der Waals surface area contributed by atoms with E-state index in [1.165, 1.54) is 12.1 Å². The van der Waals surface area contributed by atoms with Gasteiger partial charge in [0.15, 0.2) is 0 Å². The third-order valence-electron chi connectivity index (χ3n) is 3.15. The first-order valence-electron chi connectivity index (χ1n) is 7.36. The van der Waals surface area contributed by atoms with Crippen molar-refractivity contribution in [1.29, 1.82) is 0 Å². The van der Waals surface area contributed by atoms with Crippen LogP contribution in [0.1, 0.15) is 15.9 Å². The number of amides is 1. The van der Waals surface area contributed by atoms with E-state index in [4.69, 9.17) is 0 Å². The summed E-state index contributed by atoms with van der Waals surface area (Å²) in [7, 11) is 0. The number of rotatable bonds is 7. The van der Waals surface area contributed by atoms with Crippen LogP contribution < -0.4 is 15.4 Å². The Bertz CT molecular complexity index is 718. The molecule has 0 bridgehead atoms. The lowest BCUT2D eigenvalue weighted by molar-refractivity contribution is -0.137. The predicted octanol–water partition coefficient (Wildman–Crippen LogP) is 3.54. The Morgan fingerprint density at radius 3 is 2.31 bits per heavy atom. The Morgan fingerprint density at radius 1 is 1.08 bits per heavy atom. The van der Waals surface area contributed by atoms with Crippen LogP contribution in [-0.2, 0) is 6.18 Å². The summed E-state index contributed by atoms with van der Waals surface area (Å²) in [6, 6.07) is 6.58. The summed E-state index contributed by atoms with van der Waals surface area (Å²) < 4.78 is 65.5. The predicted molar refractivity (Wildman–Crippen MR) is 83.1 cm³/mol. The molecule has 2 aromatic rings. The smallest absolute Gasteiger partial charge is 0.416 e. The van der Waals surface area contributed by atoms with Gasteiger partial charge in [0.2, 0.25) is 0 Å². The molecule has 0 aliphatic heterocycles. The third kappa shape index (κ3) is 5.87. The van der Waals surface area contributed by atoms with Gasteiger partial charge in [0, 0.05) is 18.7 Å². The standard InChI is InChI=1S/C16H14F5N3O2/c17-15(18)26-12-5-6-13(24-9-12)22-7-8-23-14(25)10-1-3-11(4-2-10)16(19,20)21/h1-6,9,15H,7-8H2,(H,22,24)(H,23,25). The molecule has 0 aliphatic rings. The highest BCUT2D eigenvalue weighted by atomic mass is 19.4. The third-order valence-corrected chi connectivity index (χ3v) is 3.15. The van der Waals surface area contributed by atoms with Gasteiger partial charge in [-0.15, -0.1) is 0 Å². The van der Waals surface area contributed by atoms with Gasteiger partial charge in [0.25, 0.3) is 5.91 Å². The van der Waals surface area contributed by atoms with Crippen molar-refractivity contribution in [3.8, 4) is 5.75 Å². The lowest BCUT2D eigenvalue weighted by atomic mass is 10.1. The van der Waals surface area contributed by atoms with E-state index in [0.29, 0.717) is 5.82 Å². The van der Waals surface area contributed by atoms with Crippen LogP contribution in [0.15, 0.2) is 42.6 Å². The monoisotopic (exact) mass is 375 g/mol. The van der Waals surface area contributed by atoms with E-state index in [2.05, 4.69) is 20.4 Å². The number of halogens is 5. The molecule has 10 heteroatoms. The fraction of sp³-hybridized carbons (Fsp3) is 0.250. The van der Waals surface area contributed by atoms with Gasteiger partial charge >= 0.3 is 12.8 Å².